The Kier molecular flexibility index (Phi) is 5.64. The van der Waals surface area contributed by atoms with E-state index < -0.39 is 10.8 Å². The second-order valence-corrected chi connectivity index (χ2v) is 13.7. The SMILES string of the molecule is CC(C)c1ccc2c(c1)N1c3ncccc3C3(c4ccccc4-c4ccccc43)c3cccc(c31)C2(c1ccccc1)c1ccccc1. The third kappa shape index (κ3) is 3.25. The minimum atomic E-state index is -0.555. The van der Waals surface area contributed by atoms with E-state index in [0.29, 0.717) is 5.92 Å². The van der Waals surface area contributed by atoms with Crippen molar-refractivity contribution in [3.63, 3.8) is 0 Å². The van der Waals surface area contributed by atoms with Crippen LogP contribution in [0.2, 0.25) is 0 Å². The smallest absolute Gasteiger partial charge is 0.142 e. The summed E-state index contributed by atoms with van der Waals surface area (Å²) >= 11 is 0. The Balaban J connectivity index is 1.44. The van der Waals surface area contributed by atoms with Crippen molar-refractivity contribution < 1.29 is 0 Å². The highest BCUT2D eigenvalue weighted by atomic mass is 15.2. The van der Waals surface area contributed by atoms with Crippen LogP contribution in [-0.2, 0) is 10.8 Å². The number of fused-ring (bicyclic) bond motifs is 11. The van der Waals surface area contributed by atoms with Gasteiger partial charge in [0.1, 0.15) is 5.82 Å². The third-order valence-corrected chi connectivity index (χ3v) is 11.2. The Morgan fingerprint density at radius 3 is 1.65 bits per heavy atom. The second kappa shape index (κ2) is 9.89. The highest BCUT2D eigenvalue weighted by molar-refractivity contribution is 5.99. The number of hydrogen-bond acceptors (Lipinski definition) is 2. The number of hydrogen-bond donors (Lipinski definition) is 0. The van der Waals surface area contributed by atoms with E-state index in [1.165, 1.54) is 72.6 Å². The minimum Gasteiger partial charge on any atom is -0.294 e. The van der Waals surface area contributed by atoms with Gasteiger partial charge in [-0.25, -0.2) is 4.98 Å². The van der Waals surface area contributed by atoms with Gasteiger partial charge in [0.05, 0.1) is 22.2 Å². The molecule has 0 bridgehead atoms. The third-order valence-electron chi connectivity index (χ3n) is 11.2. The number of anilines is 3. The maximum atomic E-state index is 5.30. The molecule has 3 heterocycles. The highest BCUT2D eigenvalue weighted by Gasteiger charge is 2.56. The maximum absolute atomic E-state index is 5.30. The molecule has 0 unspecified atom stereocenters. The molecule has 1 aromatic heterocycles. The summed E-state index contributed by atoms with van der Waals surface area (Å²) in [6.07, 6.45) is 1.97. The van der Waals surface area contributed by atoms with Crippen molar-refractivity contribution in [3.8, 4) is 11.1 Å². The van der Waals surface area contributed by atoms with Crippen molar-refractivity contribution in [1.29, 1.82) is 0 Å². The average Bonchev–Trinajstić information content (AvgIpc) is 3.44. The summed E-state index contributed by atoms with van der Waals surface area (Å²) in [6, 6.07) is 58.9. The molecule has 0 amide bonds. The first kappa shape index (κ1) is 27.4. The van der Waals surface area contributed by atoms with Gasteiger partial charge in [-0.2, -0.15) is 0 Å². The predicted molar refractivity (Wildman–Crippen MR) is 196 cm³/mol. The fourth-order valence-electron chi connectivity index (χ4n) is 9.28. The normalized spacial score (nSPS) is 15.4. The first-order valence-corrected chi connectivity index (χ1v) is 17.0. The lowest BCUT2D eigenvalue weighted by molar-refractivity contribution is 0.692. The lowest BCUT2D eigenvalue weighted by atomic mass is 9.58. The molecule has 1 spiro atoms. The van der Waals surface area contributed by atoms with Crippen molar-refractivity contribution in [2.75, 3.05) is 4.90 Å². The van der Waals surface area contributed by atoms with E-state index in [-0.39, 0.29) is 0 Å². The van der Waals surface area contributed by atoms with Gasteiger partial charge < -0.3 is 0 Å². The summed E-state index contributed by atoms with van der Waals surface area (Å²) in [6.45, 7) is 4.57. The first-order valence-electron chi connectivity index (χ1n) is 17.0. The molecule has 10 rings (SSSR count). The molecule has 0 saturated heterocycles. The van der Waals surface area contributed by atoms with E-state index in [1.54, 1.807) is 0 Å². The van der Waals surface area contributed by atoms with Gasteiger partial charge in [0.2, 0.25) is 0 Å². The Labute approximate surface area is 282 Å². The number of para-hydroxylation sites is 1. The summed E-state index contributed by atoms with van der Waals surface area (Å²) < 4.78 is 0. The van der Waals surface area contributed by atoms with Crippen LogP contribution in [0.15, 0.2) is 164 Å². The molecule has 3 aliphatic rings. The van der Waals surface area contributed by atoms with Crippen LogP contribution in [0.5, 0.6) is 0 Å². The molecule has 0 N–H and O–H groups in total. The predicted octanol–water partition coefficient (Wildman–Crippen LogP) is 11.0. The average molecular weight is 615 g/mol. The molecule has 2 nitrogen and oxygen atoms in total. The fraction of sp³-hybridized carbons (Fsp3) is 0.109. The number of rotatable bonds is 3. The van der Waals surface area contributed by atoms with Crippen LogP contribution in [0.3, 0.4) is 0 Å². The van der Waals surface area contributed by atoms with Gasteiger partial charge in [0.25, 0.3) is 0 Å². The fourth-order valence-corrected chi connectivity index (χ4v) is 9.28. The van der Waals surface area contributed by atoms with Crippen molar-refractivity contribution in [3.05, 3.63) is 214 Å². The minimum absolute atomic E-state index is 0.378. The van der Waals surface area contributed by atoms with Crippen LogP contribution in [0, 0.1) is 0 Å². The zero-order chi connectivity index (χ0) is 32.0. The largest absolute Gasteiger partial charge is 0.294 e. The molecule has 48 heavy (non-hydrogen) atoms. The zero-order valence-electron chi connectivity index (χ0n) is 27.1. The monoisotopic (exact) mass is 614 g/mol. The molecular weight excluding hydrogens is 581 g/mol. The zero-order valence-corrected chi connectivity index (χ0v) is 27.1. The van der Waals surface area contributed by atoms with Crippen LogP contribution in [0.4, 0.5) is 17.2 Å². The van der Waals surface area contributed by atoms with Gasteiger partial charge in [-0.05, 0) is 73.7 Å². The van der Waals surface area contributed by atoms with Crippen molar-refractivity contribution in [2.24, 2.45) is 0 Å². The van der Waals surface area contributed by atoms with E-state index in [0.717, 1.165) is 5.82 Å². The molecular formula is C46H34N2. The standard InChI is InChI=1S/C46H34N2/c1-30(2)31-26-27-38-42(29-31)48-43-39(45(38,32-15-5-3-6-16-32)33-17-7-4-8-18-33)23-13-24-40(43)46(41-25-14-28-47-44(41)48)36-21-11-9-19-34(36)35-20-10-12-22-37(35)46/h3-30H,1-2H3. The molecule has 2 aliphatic heterocycles. The Hall–Kier alpha value is -5.73. The number of pyridine rings is 1. The van der Waals surface area contributed by atoms with E-state index in [1.807, 2.05) is 6.20 Å². The van der Waals surface area contributed by atoms with Gasteiger partial charge >= 0.3 is 0 Å². The summed E-state index contributed by atoms with van der Waals surface area (Å²) in [4.78, 5) is 7.80. The Bertz CT molecular complexity index is 2290. The first-order chi connectivity index (χ1) is 23.7. The molecule has 2 heteroatoms. The molecule has 0 saturated carbocycles. The second-order valence-electron chi connectivity index (χ2n) is 13.7. The van der Waals surface area contributed by atoms with Gasteiger partial charge in [-0.15, -0.1) is 0 Å². The Morgan fingerprint density at radius 1 is 0.479 bits per heavy atom. The summed E-state index contributed by atoms with van der Waals surface area (Å²) in [7, 11) is 0. The molecule has 228 valence electrons. The number of nitrogens with zero attached hydrogens (tertiary/aromatic N) is 2. The van der Waals surface area contributed by atoms with E-state index >= 15 is 0 Å². The van der Waals surface area contributed by atoms with Crippen molar-refractivity contribution >= 4 is 17.2 Å². The Morgan fingerprint density at radius 2 is 1.02 bits per heavy atom. The van der Waals surface area contributed by atoms with Gasteiger partial charge in [0, 0.05) is 11.8 Å². The number of benzene rings is 6. The quantitative estimate of drug-likeness (QED) is 0.197. The molecule has 0 fully saturated rings. The molecule has 0 atom stereocenters. The van der Waals surface area contributed by atoms with Crippen molar-refractivity contribution in [1.82, 2.24) is 4.98 Å². The van der Waals surface area contributed by atoms with Crippen LogP contribution < -0.4 is 4.90 Å². The van der Waals surface area contributed by atoms with E-state index in [4.69, 9.17) is 4.98 Å². The van der Waals surface area contributed by atoms with Crippen LogP contribution >= 0.6 is 0 Å². The van der Waals surface area contributed by atoms with Gasteiger partial charge in [0.15, 0.2) is 0 Å². The van der Waals surface area contributed by atoms with E-state index in [2.05, 4.69) is 176 Å². The molecule has 0 radical (unpaired) electrons. The van der Waals surface area contributed by atoms with Gasteiger partial charge in [-0.1, -0.05) is 159 Å². The lowest BCUT2D eigenvalue weighted by Crippen LogP contribution is -2.43. The summed E-state index contributed by atoms with van der Waals surface area (Å²) in [5, 5.41) is 0. The highest BCUT2D eigenvalue weighted by Crippen LogP contribution is 2.67. The number of aromatic nitrogens is 1. The van der Waals surface area contributed by atoms with Crippen LogP contribution in [-0.4, -0.2) is 4.98 Å². The topological polar surface area (TPSA) is 16.1 Å². The van der Waals surface area contributed by atoms with Crippen LogP contribution in [0.1, 0.15) is 69.8 Å². The maximum Gasteiger partial charge on any atom is 0.142 e. The molecule has 1 aliphatic carbocycles. The summed E-state index contributed by atoms with van der Waals surface area (Å²) in [5.41, 5.74) is 15.5. The van der Waals surface area contributed by atoms with Gasteiger partial charge in [-0.3, -0.25) is 4.90 Å². The van der Waals surface area contributed by atoms with Crippen molar-refractivity contribution in [2.45, 2.75) is 30.6 Å². The summed E-state index contributed by atoms with van der Waals surface area (Å²) in [5.74, 6) is 1.38. The molecule has 6 aromatic carbocycles. The molecule has 7 aromatic rings. The van der Waals surface area contributed by atoms with Crippen LogP contribution in [0.25, 0.3) is 11.1 Å². The van der Waals surface area contributed by atoms with E-state index in [9.17, 15) is 0 Å². The lowest BCUT2D eigenvalue weighted by Gasteiger charge is -2.52.